The topological polar surface area (TPSA) is 85.5 Å². The molecule has 0 atom stereocenters. The van der Waals surface area contributed by atoms with Crippen molar-refractivity contribution in [3.63, 3.8) is 0 Å². The minimum Gasteiger partial charge on any atom is -0.478 e. The molecule has 2 rings (SSSR count). The number of hydrogen-bond acceptors (Lipinski definition) is 5. The molecule has 1 N–H and O–H groups in total. The second-order valence-corrected chi connectivity index (χ2v) is 4.10. The van der Waals surface area contributed by atoms with Gasteiger partial charge in [0.25, 0.3) is 6.43 Å². The van der Waals surface area contributed by atoms with E-state index in [0.29, 0.717) is 5.56 Å². The third-order valence-corrected chi connectivity index (χ3v) is 2.53. The van der Waals surface area contributed by atoms with Crippen molar-refractivity contribution >= 4 is 5.97 Å². The number of carbonyl (C=O) groups is 1. The van der Waals surface area contributed by atoms with E-state index in [1.165, 1.54) is 12.1 Å². The Morgan fingerprint density at radius 1 is 1.38 bits per heavy atom. The Hall–Kier alpha value is -2.35. The Morgan fingerprint density at radius 2 is 2.19 bits per heavy atom. The largest absolute Gasteiger partial charge is 0.478 e. The molecule has 21 heavy (non-hydrogen) atoms. The summed E-state index contributed by atoms with van der Waals surface area (Å²) in [5.41, 5.74) is 0.578. The van der Waals surface area contributed by atoms with E-state index in [-0.39, 0.29) is 30.4 Å². The van der Waals surface area contributed by atoms with Gasteiger partial charge in [-0.3, -0.25) is 0 Å². The second-order valence-electron chi connectivity index (χ2n) is 4.10. The third-order valence-electron chi connectivity index (χ3n) is 2.53. The first kappa shape index (κ1) is 15.0. The Kier molecular flexibility index (Phi) is 4.94. The molecule has 0 amide bonds. The normalized spacial score (nSPS) is 11.0. The van der Waals surface area contributed by atoms with E-state index >= 15 is 0 Å². The molecule has 0 aliphatic carbocycles. The van der Waals surface area contributed by atoms with Gasteiger partial charge in [-0.1, -0.05) is 6.07 Å². The summed E-state index contributed by atoms with van der Waals surface area (Å²) in [5.74, 6) is -0.654. The first-order valence-electron chi connectivity index (χ1n) is 6.08. The van der Waals surface area contributed by atoms with E-state index < -0.39 is 19.0 Å². The molecular formula is C13H12F2N2O4. The Morgan fingerprint density at radius 3 is 2.90 bits per heavy atom. The standard InChI is InChI=1S/C13H12F2N2O4/c14-10(15)7-20-5-4-11-16-17-12(21-11)8-2-1-3-9(6-8)13(18)19/h1-3,6,10H,4-5,7H2,(H,18,19). The third kappa shape index (κ3) is 4.32. The maximum atomic E-state index is 11.9. The predicted octanol–water partition coefficient (Wildman–Crippen LogP) is 2.26. The fraction of sp³-hybridized carbons (Fsp3) is 0.308. The summed E-state index contributed by atoms with van der Waals surface area (Å²) in [6, 6.07) is 6.06. The van der Waals surface area contributed by atoms with Crippen LogP contribution < -0.4 is 0 Å². The molecule has 112 valence electrons. The summed E-state index contributed by atoms with van der Waals surface area (Å²) in [7, 11) is 0. The number of aromatic nitrogens is 2. The van der Waals surface area contributed by atoms with Gasteiger partial charge in [0, 0.05) is 12.0 Å². The van der Waals surface area contributed by atoms with E-state index in [9.17, 15) is 13.6 Å². The molecule has 0 bridgehead atoms. The fourth-order valence-corrected chi connectivity index (χ4v) is 1.59. The number of halogens is 2. The summed E-state index contributed by atoms with van der Waals surface area (Å²) in [5, 5.41) is 16.4. The van der Waals surface area contributed by atoms with Crippen molar-refractivity contribution in [2.45, 2.75) is 12.8 Å². The Labute approximate surface area is 118 Å². The number of hydrogen-bond donors (Lipinski definition) is 1. The van der Waals surface area contributed by atoms with E-state index in [2.05, 4.69) is 10.2 Å². The van der Waals surface area contributed by atoms with Gasteiger partial charge in [-0.2, -0.15) is 0 Å². The van der Waals surface area contributed by atoms with Crippen LogP contribution in [0.3, 0.4) is 0 Å². The molecule has 8 heteroatoms. The molecule has 0 aliphatic rings. The van der Waals surface area contributed by atoms with Gasteiger partial charge in [0.15, 0.2) is 0 Å². The van der Waals surface area contributed by atoms with Gasteiger partial charge in [-0.15, -0.1) is 10.2 Å². The van der Waals surface area contributed by atoms with E-state index in [1.807, 2.05) is 0 Å². The number of alkyl halides is 2. The van der Waals surface area contributed by atoms with Gasteiger partial charge in [-0.05, 0) is 18.2 Å². The Balaban J connectivity index is 1.99. The monoisotopic (exact) mass is 298 g/mol. The van der Waals surface area contributed by atoms with Crippen LogP contribution in [-0.2, 0) is 11.2 Å². The molecular weight excluding hydrogens is 286 g/mol. The van der Waals surface area contributed by atoms with Crippen LogP contribution in [0.1, 0.15) is 16.2 Å². The van der Waals surface area contributed by atoms with Crippen molar-refractivity contribution in [3.8, 4) is 11.5 Å². The SMILES string of the molecule is O=C(O)c1cccc(-c2nnc(CCOCC(F)F)o2)c1. The first-order valence-corrected chi connectivity index (χ1v) is 6.08. The van der Waals surface area contributed by atoms with Crippen LogP contribution in [0.15, 0.2) is 28.7 Å². The molecule has 0 saturated heterocycles. The van der Waals surface area contributed by atoms with Gasteiger partial charge in [0.05, 0.1) is 12.2 Å². The van der Waals surface area contributed by atoms with Crippen LogP contribution in [0.5, 0.6) is 0 Å². The van der Waals surface area contributed by atoms with Crippen LogP contribution in [0, 0.1) is 0 Å². The van der Waals surface area contributed by atoms with Crippen LogP contribution in [0.4, 0.5) is 8.78 Å². The zero-order chi connectivity index (χ0) is 15.2. The number of benzene rings is 1. The highest BCUT2D eigenvalue weighted by Gasteiger charge is 2.11. The van der Waals surface area contributed by atoms with Crippen LogP contribution in [0.2, 0.25) is 0 Å². The van der Waals surface area contributed by atoms with Gasteiger partial charge in [0.2, 0.25) is 11.8 Å². The highest BCUT2D eigenvalue weighted by molar-refractivity contribution is 5.88. The van der Waals surface area contributed by atoms with Crippen molar-refractivity contribution in [2.75, 3.05) is 13.2 Å². The smallest absolute Gasteiger partial charge is 0.335 e. The maximum Gasteiger partial charge on any atom is 0.335 e. The highest BCUT2D eigenvalue weighted by Crippen LogP contribution is 2.19. The number of rotatable bonds is 7. The Bertz CT molecular complexity index is 616. The molecule has 1 heterocycles. The lowest BCUT2D eigenvalue weighted by Gasteiger charge is -2.00. The molecule has 0 spiro atoms. The number of nitrogens with zero attached hydrogens (tertiary/aromatic N) is 2. The molecule has 1 aromatic heterocycles. The van der Waals surface area contributed by atoms with Crippen LogP contribution in [0.25, 0.3) is 11.5 Å². The fourth-order valence-electron chi connectivity index (χ4n) is 1.59. The average Bonchev–Trinajstić information content (AvgIpc) is 2.92. The van der Waals surface area contributed by atoms with Crippen LogP contribution >= 0.6 is 0 Å². The average molecular weight is 298 g/mol. The number of aromatic carboxylic acids is 1. The molecule has 2 aromatic rings. The van der Waals surface area contributed by atoms with E-state index in [0.717, 1.165) is 0 Å². The molecule has 0 saturated carbocycles. The summed E-state index contributed by atoms with van der Waals surface area (Å²) in [6.45, 7) is -0.594. The molecule has 0 fully saturated rings. The van der Waals surface area contributed by atoms with Crippen LogP contribution in [-0.4, -0.2) is 40.9 Å². The lowest BCUT2D eigenvalue weighted by Crippen LogP contribution is -2.07. The lowest BCUT2D eigenvalue weighted by atomic mass is 10.1. The van der Waals surface area contributed by atoms with Crippen molar-refractivity contribution in [3.05, 3.63) is 35.7 Å². The molecule has 6 nitrogen and oxygen atoms in total. The summed E-state index contributed by atoms with van der Waals surface area (Å²) >= 11 is 0. The number of ether oxygens (including phenoxy) is 1. The van der Waals surface area contributed by atoms with Crippen molar-refractivity contribution in [1.29, 1.82) is 0 Å². The minimum atomic E-state index is -2.51. The zero-order valence-corrected chi connectivity index (χ0v) is 10.8. The van der Waals surface area contributed by atoms with E-state index in [4.69, 9.17) is 14.3 Å². The minimum absolute atomic E-state index is 0.0428. The van der Waals surface area contributed by atoms with E-state index in [1.54, 1.807) is 12.1 Å². The molecule has 0 aliphatic heterocycles. The van der Waals surface area contributed by atoms with Gasteiger partial charge >= 0.3 is 5.97 Å². The second kappa shape index (κ2) is 6.89. The van der Waals surface area contributed by atoms with Crippen molar-refractivity contribution in [1.82, 2.24) is 10.2 Å². The molecule has 1 aromatic carbocycles. The quantitative estimate of drug-likeness (QED) is 0.789. The highest BCUT2D eigenvalue weighted by atomic mass is 19.3. The van der Waals surface area contributed by atoms with Gasteiger partial charge in [-0.25, -0.2) is 13.6 Å². The van der Waals surface area contributed by atoms with Gasteiger partial charge < -0.3 is 14.3 Å². The molecule has 0 unspecified atom stereocenters. The summed E-state index contributed by atoms with van der Waals surface area (Å²) < 4.78 is 33.8. The lowest BCUT2D eigenvalue weighted by molar-refractivity contribution is 0.0174. The summed E-state index contributed by atoms with van der Waals surface area (Å²) in [6.07, 6.45) is -2.31. The van der Waals surface area contributed by atoms with Crippen molar-refractivity contribution in [2.24, 2.45) is 0 Å². The predicted molar refractivity (Wildman–Crippen MR) is 67.2 cm³/mol. The summed E-state index contributed by atoms with van der Waals surface area (Å²) in [4.78, 5) is 10.9. The number of carboxylic acids is 1. The maximum absolute atomic E-state index is 11.9. The zero-order valence-electron chi connectivity index (χ0n) is 10.8. The first-order chi connectivity index (χ1) is 10.1. The number of carboxylic acid groups (broad SMARTS) is 1. The molecule has 0 radical (unpaired) electrons. The van der Waals surface area contributed by atoms with Crippen molar-refractivity contribution < 1.29 is 27.8 Å². The van der Waals surface area contributed by atoms with Gasteiger partial charge in [0.1, 0.15) is 6.61 Å².